The lowest BCUT2D eigenvalue weighted by Crippen LogP contribution is -2.60. The summed E-state index contributed by atoms with van der Waals surface area (Å²) < 4.78 is 78.6. The molecule has 4 amide bonds. The van der Waals surface area contributed by atoms with Gasteiger partial charge < -0.3 is 88.5 Å². The molecule has 0 spiro atoms. The van der Waals surface area contributed by atoms with Gasteiger partial charge in [0.15, 0.2) is 60.1 Å². The van der Waals surface area contributed by atoms with E-state index >= 15 is 0 Å². The maximum atomic E-state index is 14.2. The molecule has 0 aromatic carbocycles. The molecule has 0 bridgehead atoms. The van der Waals surface area contributed by atoms with Gasteiger partial charge in [-0.1, -0.05) is 83.1 Å². The second kappa shape index (κ2) is 36.8. The van der Waals surface area contributed by atoms with E-state index in [9.17, 15) is 47.6 Å². The molecule has 2 aromatic heterocycles. The lowest BCUT2D eigenvalue weighted by Gasteiger charge is -2.35. The molecule has 6 saturated heterocycles. The molecule has 18 N–H and O–H groups in total. The minimum absolute atomic E-state index is 0.0576. The van der Waals surface area contributed by atoms with Crippen LogP contribution in [0.4, 0.5) is 33.0 Å². The molecule has 486 valence electrons. The summed E-state index contributed by atoms with van der Waals surface area (Å²) in [6, 6.07) is -1.29. The van der Waals surface area contributed by atoms with Gasteiger partial charge in [0.25, 0.3) is 0 Å². The fourth-order valence-corrected chi connectivity index (χ4v) is 9.61. The van der Waals surface area contributed by atoms with Crippen LogP contribution in [0, 0.1) is 0 Å². The smallest absolute Gasteiger partial charge is 0.325 e. The van der Waals surface area contributed by atoms with E-state index in [1.807, 2.05) is 76.2 Å². The van der Waals surface area contributed by atoms with Crippen molar-refractivity contribution in [3.63, 3.8) is 0 Å². The number of urea groups is 2. The van der Waals surface area contributed by atoms with Crippen LogP contribution in [0.15, 0.2) is 23.6 Å². The zero-order valence-corrected chi connectivity index (χ0v) is 51.1. The third-order valence-corrected chi connectivity index (χ3v) is 13.6. The minimum Gasteiger partial charge on any atom is -0.394 e. The predicted octanol–water partition coefficient (Wildman–Crippen LogP) is 1.39. The number of aliphatic imine (C=N–C) groups is 1. The molecule has 10 heterocycles. The number of carbonyl (C=O) groups is 2. The lowest BCUT2D eigenvalue weighted by molar-refractivity contribution is -0.0927. The topological polar surface area (TPSA) is 410 Å². The van der Waals surface area contributed by atoms with Crippen molar-refractivity contribution in [3.8, 4) is 0 Å². The highest BCUT2D eigenvalue weighted by Gasteiger charge is 2.54. The fraction of sp³-hybridized carbons (Fsp3) is 0.800. The number of aliphatic hydroxyl groups excluding tert-OH is 6. The van der Waals surface area contributed by atoms with Gasteiger partial charge in [0, 0.05) is 12.7 Å². The number of fused-ring (bicyclic) bond motifs is 2. The van der Waals surface area contributed by atoms with Crippen molar-refractivity contribution in [2.75, 3.05) is 32.2 Å². The van der Waals surface area contributed by atoms with Crippen LogP contribution in [0.5, 0.6) is 0 Å². The number of amidine groups is 1. The largest absolute Gasteiger partial charge is 0.394 e. The maximum absolute atomic E-state index is 14.2. The Bertz CT molecular complexity index is 2320. The van der Waals surface area contributed by atoms with E-state index in [1.54, 1.807) is 11.8 Å². The first-order chi connectivity index (χ1) is 40.1. The quantitative estimate of drug-likeness (QED) is 0.101. The molecular weight excluding hydrogens is 1160 g/mol. The zero-order valence-electron chi connectivity index (χ0n) is 49.6. The van der Waals surface area contributed by atoms with Gasteiger partial charge >= 0.3 is 12.1 Å². The number of alkyl halides is 4. The number of anilines is 1. The predicted molar refractivity (Wildman–Crippen MR) is 307 cm³/mol. The first-order valence-electron chi connectivity index (χ1n) is 28.5. The van der Waals surface area contributed by atoms with E-state index in [4.69, 9.17) is 75.3 Å². The first kappa shape index (κ1) is 75.9. The number of aliphatic hydroxyl groups is 6. The molecule has 6 fully saturated rings. The highest BCUT2D eigenvalue weighted by Crippen LogP contribution is 2.36. The normalized spacial score (nSPS) is 36.3. The number of rotatable bonds is 8. The van der Waals surface area contributed by atoms with Crippen molar-refractivity contribution in [2.24, 2.45) is 22.2 Å². The van der Waals surface area contributed by atoms with E-state index in [1.165, 1.54) is 28.1 Å². The number of imidazole rings is 1. The van der Waals surface area contributed by atoms with Gasteiger partial charge in [-0.05, 0) is 48.5 Å². The van der Waals surface area contributed by atoms with Crippen molar-refractivity contribution in [1.82, 2.24) is 55.5 Å². The molecule has 34 heteroatoms. The number of nitrogens with zero attached hydrogens (tertiary/aromatic N) is 8. The molecule has 8 aliphatic heterocycles. The number of hydrogen-bond acceptors (Lipinski definition) is 23. The molecule has 0 saturated carbocycles. The fourth-order valence-electron chi connectivity index (χ4n) is 9.21. The Labute approximate surface area is 497 Å². The van der Waals surface area contributed by atoms with Crippen molar-refractivity contribution < 1.29 is 76.7 Å². The van der Waals surface area contributed by atoms with Crippen LogP contribution < -0.4 is 44.2 Å². The van der Waals surface area contributed by atoms with Crippen LogP contribution in [0.2, 0.25) is 5.28 Å². The highest BCUT2D eigenvalue weighted by molar-refractivity contribution is 6.64. The summed E-state index contributed by atoms with van der Waals surface area (Å²) in [7, 11) is 0. The van der Waals surface area contributed by atoms with Gasteiger partial charge in [0.2, 0.25) is 5.28 Å². The van der Waals surface area contributed by atoms with E-state index in [0.717, 1.165) is 4.90 Å². The number of halogens is 6. The summed E-state index contributed by atoms with van der Waals surface area (Å²) in [5, 5.41) is 67.3. The third kappa shape index (κ3) is 18.0. The average molecular weight is 1250 g/mol. The number of nitrogens with two attached hydrogens (primary N) is 4. The number of carbonyl (C=O) groups excluding carboxylic acids is 2. The van der Waals surface area contributed by atoms with E-state index in [2.05, 4.69) is 41.2 Å². The zero-order chi connectivity index (χ0) is 64.0. The third-order valence-electron chi connectivity index (χ3n) is 13.3. The maximum Gasteiger partial charge on any atom is 0.325 e. The van der Waals surface area contributed by atoms with Crippen LogP contribution >= 0.6 is 23.2 Å². The standard InChI is InChI=1S/C11H13ClFN5O2.C10H17ClFN5O3.C10H18FN3O3.C9H14FN3O4.5C2H6/c1-2-4-7(19)5(13)10(20-4)18-3-15-6-8(14)16-11(12)17-9(6)18;11-10-15-7(13)5-8(16-10)17(2-14-5)9-4(12)6(19)3(1-18)20-9;1-2-5-8(15)7(11)9(17-5)14-4-3-6(12)13-10(14)16;10-6-7(15)4(3-14)17-8(6)13-2-1-5(11)12-9(13)16;5*1-2/h3-5,7,10,19H,2H2,1H3,(H2,14,16,17);3-9,14,18-19H,1-2,13H2,(H,15,16);5-9,15H,2-4,12H2,1H3,(H,13,16);1-2,4-8,14-15H,3,11H2,(H,12,16);5*1-2H3/t;3?,4?,5-,6+,7-,8-,9+;5-,6+,7-,8+,9?;4-,5-,6-,7?,8+;;;;;/m.101...../s1/i13-1;12-1;11-1;10-1;;;;;. The molecule has 0 aliphatic carbocycles. The van der Waals surface area contributed by atoms with Gasteiger partial charge in [0.05, 0.1) is 63.0 Å². The van der Waals surface area contributed by atoms with Gasteiger partial charge in [-0.25, -0.2) is 42.0 Å². The Morgan fingerprint density at radius 2 is 1.17 bits per heavy atom. The molecule has 8 aliphatic rings. The second-order valence-electron chi connectivity index (χ2n) is 18.1. The van der Waals surface area contributed by atoms with Crippen molar-refractivity contribution in [2.45, 2.75) is 231 Å². The van der Waals surface area contributed by atoms with E-state index in [-0.39, 0.29) is 28.1 Å². The van der Waals surface area contributed by atoms with Crippen LogP contribution in [0.3, 0.4) is 0 Å². The summed E-state index contributed by atoms with van der Waals surface area (Å²) in [6.45, 7) is 23.3. The number of ether oxygens (including phenoxy) is 4. The van der Waals surface area contributed by atoms with E-state index < -0.39 is 148 Å². The van der Waals surface area contributed by atoms with Gasteiger partial charge in [-0.15, -0.1) is 0 Å². The Morgan fingerprint density at radius 3 is 1.67 bits per heavy atom. The van der Waals surface area contributed by atoms with Crippen LogP contribution in [-0.2, 0) is 18.9 Å². The first-order valence-corrected chi connectivity index (χ1v) is 29.3. The average Bonchev–Trinajstić information content (AvgIpc) is 2.47. The number of amides is 4. The Hall–Kier alpha value is -4.20. The molecule has 0 radical (unpaired) electrons. The molecule has 21 atom stereocenters. The monoisotopic (exact) mass is 1250 g/mol. The summed E-state index contributed by atoms with van der Waals surface area (Å²) in [5.41, 5.74) is 23.2. The number of aromatic nitrogens is 4. The number of nitrogen functional groups attached to an aromatic ring is 1. The molecule has 28 nitrogen and oxygen atoms in total. The molecular formula is C50H92Cl2F4N16O12. The van der Waals surface area contributed by atoms with Crippen molar-refractivity contribution in [3.05, 3.63) is 23.9 Å². The van der Waals surface area contributed by atoms with Gasteiger partial charge in [0.1, 0.15) is 54.5 Å². The summed E-state index contributed by atoms with van der Waals surface area (Å²) in [4.78, 5) is 43.0. The molecule has 2 aromatic rings. The number of nitrogens with one attached hydrogen (secondary N) is 4. The lowest BCUT2D eigenvalue weighted by atomic mass is 10.1. The van der Waals surface area contributed by atoms with E-state index in [0.29, 0.717) is 38.0 Å². The SMILES string of the molecule is CC.CC.CC.CC.CC.CCC1OC(n2cnc3c(N)nc(Cl)nc32)C([18F])C1O.CC[C@@H]1OC(N2CC[C@H](N)NC2=O)[C@@H]([18F])[C@@H]1O.N[C@@H]1NC(Cl)=N[C@H]2[C@@H]1NCN2[C@H]1OC(CO)[C@H](O)C1[18F].N[C@H]1C=CN([C@H]2O[C@H](CO)C(O)[C@H]2[18F])C(=O)N1. The number of hydrogen-bond donors (Lipinski definition) is 14. The van der Waals surface area contributed by atoms with Crippen LogP contribution in [-0.4, -0.2) is 232 Å². The van der Waals surface area contributed by atoms with Crippen molar-refractivity contribution >= 4 is 57.5 Å². The summed E-state index contributed by atoms with van der Waals surface area (Å²) in [6.07, 6.45) is -15.4. The Balaban J connectivity index is 0.000000364. The molecule has 10 rings (SSSR count). The van der Waals surface area contributed by atoms with Gasteiger partial charge in [-0.2, -0.15) is 9.97 Å². The van der Waals surface area contributed by atoms with Crippen LogP contribution in [0.1, 0.15) is 109 Å². The Kier molecular flexibility index (Phi) is 33.3. The molecule has 8 unspecified atom stereocenters. The minimum atomic E-state index is -1.78. The van der Waals surface area contributed by atoms with Crippen LogP contribution in [0.25, 0.3) is 11.2 Å². The van der Waals surface area contributed by atoms with Gasteiger partial charge in [-0.3, -0.25) is 19.7 Å². The highest BCUT2D eigenvalue weighted by atomic mass is 35.5. The summed E-state index contributed by atoms with van der Waals surface area (Å²) >= 11 is 11.6. The summed E-state index contributed by atoms with van der Waals surface area (Å²) in [5.74, 6) is 0.111. The molecule has 84 heavy (non-hydrogen) atoms. The Morgan fingerprint density at radius 1 is 0.679 bits per heavy atom. The van der Waals surface area contributed by atoms with Crippen molar-refractivity contribution in [1.29, 1.82) is 0 Å². The second-order valence-corrected chi connectivity index (χ2v) is 18.7.